The predicted octanol–water partition coefficient (Wildman–Crippen LogP) is 5.05. The maximum Gasteiger partial charge on any atom is 0.251 e. The van der Waals surface area contributed by atoms with Gasteiger partial charge in [0.1, 0.15) is 40.3 Å². The first-order valence-electron chi connectivity index (χ1n) is 10.7. The first-order chi connectivity index (χ1) is 16.6. The molecule has 180 valence electrons. The molecular formula is C26H23F2N3O3S. The Morgan fingerprint density at radius 3 is 2.66 bits per heavy atom. The molecule has 0 amide bonds. The van der Waals surface area contributed by atoms with E-state index in [0.717, 1.165) is 3.97 Å². The Balaban J connectivity index is 1.66. The van der Waals surface area contributed by atoms with Crippen LogP contribution in [0.1, 0.15) is 25.8 Å². The van der Waals surface area contributed by atoms with Gasteiger partial charge in [-0.05, 0) is 68.8 Å². The van der Waals surface area contributed by atoms with Crippen molar-refractivity contribution in [2.75, 3.05) is 6.54 Å². The first kappa shape index (κ1) is 24.2. The average molecular weight is 496 g/mol. The first-order valence-corrected chi connectivity index (χ1v) is 12.1. The fourth-order valence-electron chi connectivity index (χ4n) is 3.79. The van der Waals surface area contributed by atoms with Crippen LogP contribution in [-0.2, 0) is 10.0 Å². The summed E-state index contributed by atoms with van der Waals surface area (Å²) in [6.07, 6.45) is 9.55. The Morgan fingerprint density at radius 2 is 1.94 bits per heavy atom. The van der Waals surface area contributed by atoms with Crippen molar-refractivity contribution in [2.24, 2.45) is 10.7 Å². The molecule has 1 heterocycles. The van der Waals surface area contributed by atoms with Gasteiger partial charge in [0, 0.05) is 11.6 Å². The van der Waals surface area contributed by atoms with Crippen LogP contribution in [0.15, 0.2) is 77.2 Å². The summed E-state index contributed by atoms with van der Waals surface area (Å²) in [6.45, 7) is 3.12. The number of halogens is 2. The van der Waals surface area contributed by atoms with Gasteiger partial charge in [0.2, 0.25) is 0 Å². The lowest BCUT2D eigenvalue weighted by atomic mass is 9.97. The minimum atomic E-state index is -4.11. The molecule has 0 aliphatic heterocycles. The Labute approximate surface area is 202 Å². The van der Waals surface area contributed by atoms with Gasteiger partial charge in [-0.15, -0.1) is 6.42 Å². The van der Waals surface area contributed by atoms with E-state index in [9.17, 15) is 17.2 Å². The van der Waals surface area contributed by atoms with Gasteiger partial charge in [0.25, 0.3) is 10.0 Å². The summed E-state index contributed by atoms with van der Waals surface area (Å²) in [5, 5.41) is 0.569. The number of terminal acetylenes is 1. The van der Waals surface area contributed by atoms with E-state index in [2.05, 4.69) is 10.9 Å². The highest BCUT2D eigenvalue weighted by atomic mass is 32.2. The molecule has 0 fully saturated rings. The van der Waals surface area contributed by atoms with Crippen LogP contribution in [0.4, 0.5) is 8.78 Å². The van der Waals surface area contributed by atoms with Crippen molar-refractivity contribution >= 4 is 26.8 Å². The number of nitrogens with zero attached hydrogens (tertiary/aromatic N) is 2. The molecule has 3 aromatic rings. The molecule has 0 saturated heterocycles. The molecule has 6 nitrogen and oxygen atoms in total. The van der Waals surface area contributed by atoms with Crippen LogP contribution in [0.25, 0.3) is 10.9 Å². The number of hydrogen-bond donors (Lipinski definition) is 1. The normalized spacial score (nSPS) is 18.7. The van der Waals surface area contributed by atoms with Crippen molar-refractivity contribution in [2.45, 2.75) is 25.0 Å². The smallest absolute Gasteiger partial charge is 0.251 e. The summed E-state index contributed by atoms with van der Waals surface area (Å²) >= 11 is 0. The number of benzene rings is 2. The third-order valence-electron chi connectivity index (χ3n) is 5.92. The standard InChI is InChI=1S/C26H23F2N3O3S/c1-4-12-30-25(29)21-16-20(5-7-22(21)27)34-19-6-8-23-18(15-19)10-13-31(23)35(32,33)26(3)11-9-17(2)14-24(26)28/h1,5-10,13-16H,11-12H2,2-3H3,(H2,29,30). The molecule has 1 unspecified atom stereocenters. The van der Waals surface area contributed by atoms with Crippen LogP contribution in [0.2, 0.25) is 0 Å². The Kier molecular flexibility index (Phi) is 6.26. The lowest BCUT2D eigenvalue weighted by Gasteiger charge is -2.30. The van der Waals surface area contributed by atoms with E-state index < -0.39 is 26.4 Å². The summed E-state index contributed by atoms with van der Waals surface area (Å²) in [7, 11) is -4.11. The Bertz CT molecular complexity index is 1560. The fraction of sp³-hybridized carbons (Fsp3) is 0.192. The summed E-state index contributed by atoms with van der Waals surface area (Å²) < 4.78 is 61.1. The summed E-state index contributed by atoms with van der Waals surface area (Å²) in [6, 6.07) is 10.4. The summed E-state index contributed by atoms with van der Waals surface area (Å²) in [5.74, 6) is 1.67. The highest BCUT2D eigenvalue weighted by Crippen LogP contribution is 2.39. The molecule has 35 heavy (non-hydrogen) atoms. The van der Waals surface area contributed by atoms with E-state index in [0.29, 0.717) is 28.0 Å². The molecule has 0 spiro atoms. The van der Waals surface area contributed by atoms with Gasteiger partial charge in [-0.1, -0.05) is 17.6 Å². The highest BCUT2D eigenvalue weighted by molar-refractivity contribution is 7.91. The molecule has 0 saturated carbocycles. The lowest BCUT2D eigenvalue weighted by molar-refractivity contribution is 0.475. The number of ether oxygens (including phenoxy) is 1. The van der Waals surface area contributed by atoms with E-state index in [4.69, 9.17) is 16.9 Å². The van der Waals surface area contributed by atoms with Gasteiger partial charge < -0.3 is 10.5 Å². The number of fused-ring (bicyclic) bond motifs is 1. The van der Waals surface area contributed by atoms with Gasteiger partial charge in [0.15, 0.2) is 0 Å². The monoisotopic (exact) mass is 495 g/mol. The van der Waals surface area contributed by atoms with E-state index in [1.54, 1.807) is 37.3 Å². The van der Waals surface area contributed by atoms with E-state index in [1.807, 2.05) is 0 Å². The third kappa shape index (κ3) is 4.33. The van der Waals surface area contributed by atoms with Crippen molar-refractivity contribution in [3.63, 3.8) is 0 Å². The maximum absolute atomic E-state index is 14.8. The van der Waals surface area contributed by atoms with Crippen LogP contribution >= 0.6 is 0 Å². The zero-order valence-corrected chi connectivity index (χ0v) is 19.9. The molecule has 1 atom stereocenters. The largest absolute Gasteiger partial charge is 0.457 e. The van der Waals surface area contributed by atoms with Crippen molar-refractivity contribution in [3.05, 3.63) is 83.6 Å². The molecule has 1 aliphatic rings. The quantitative estimate of drug-likeness (QED) is 0.295. The fourth-order valence-corrected chi connectivity index (χ4v) is 5.47. The SMILES string of the molecule is C#CCN=C(N)c1cc(Oc2ccc3c(ccn3S(=O)(=O)C3(C)CC=C(C)C=C3F)c2)ccc1F. The number of aliphatic imine (C=N–C) groups is 1. The zero-order chi connectivity index (χ0) is 25.4. The van der Waals surface area contributed by atoms with Crippen molar-refractivity contribution in [3.8, 4) is 23.8 Å². The molecule has 0 radical (unpaired) electrons. The van der Waals surface area contributed by atoms with Crippen molar-refractivity contribution in [1.82, 2.24) is 3.97 Å². The summed E-state index contributed by atoms with van der Waals surface area (Å²) in [5.41, 5.74) is 6.93. The van der Waals surface area contributed by atoms with Gasteiger partial charge in [-0.25, -0.2) is 21.2 Å². The van der Waals surface area contributed by atoms with E-state index in [1.165, 1.54) is 37.4 Å². The van der Waals surface area contributed by atoms with Crippen LogP contribution in [-0.4, -0.2) is 29.5 Å². The molecule has 1 aromatic heterocycles. The molecule has 4 rings (SSSR count). The Hall–Kier alpha value is -3.90. The lowest BCUT2D eigenvalue weighted by Crippen LogP contribution is -2.40. The minimum absolute atomic E-state index is 0.0154. The van der Waals surface area contributed by atoms with Gasteiger partial charge in [-0.2, -0.15) is 0 Å². The maximum atomic E-state index is 14.8. The number of rotatable bonds is 6. The number of nitrogens with two attached hydrogens (primary N) is 1. The van der Waals surface area contributed by atoms with Gasteiger partial charge in [-0.3, -0.25) is 4.99 Å². The van der Waals surface area contributed by atoms with Crippen LogP contribution in [0.3, 0.4) is 0 Å². The number of aromatic nitrogens is 1. The van der Waals surface area contributed by atoms with Gasteiger partial charge >= 0.3 is 0 Å². The predicted molar refractivity (Wildman–Crippen MR) is 133 cm³/mol. The van der Waals surface area contributed by atoms with E-state index >= 15 is 0 Å². The second kappa shape index (κ2) is 9.04. The van der Waals surface area contributed by atoms with Crippen molar-refractivity contribution < 1.29 is 21.9 Å². The second-order valence-electron chi connectivity index (χ2n) is 8.36. The van der Waals surface area contributed by atoms with E-state index in [-0.39, 0.29) is 24.4 Å². The highest BCUT2D eigenvalue weighted by Gasteiger charge is 2.45. The average Bonchev–Trinajstić information content (AvgIpc) is 3.25. The van der Waals surface area contributed by atoms with Gasteiger partial charge in [0.05, 0.1) is 11.1 Å². The van der Waals surface area contributed by atoms with Crippen LogP contribution in [0, 0.1) is 18.2 Å². The third-order valence-corrected chi connectivity index (χ3v) is 8.25. The van der Waals surface area contributed by atoms with Crippen molar-refractivity contribution in [1.29, 1.82) is 0 Å². The summed E-state index contributed by atoms with van der Waals surface area (Å²) in [4.78, 5) is 3.91. The number of amidine groups is 1. The molecule has 2 N–H and O–H groups in total. The second-order valence-corrected chi connectivity index (χ2v) is 10.6. The molecule has 0 bridgehead atoms. The van der Waals surface area contributed by atoms with Crippen LogP contribution in [0.5, 0.6) is 11.5 Å². The minimum Gasteiger partial charge on any atom is -0.457 e. The molecular weight excluding hydrogens is 472 g/mol. The zero-order valence-electron chi connectivity index (χ0n) is 19.1. The number of allylic oxidation sites excluding steroid dienone is 3. The topological polar surface area (TPSA) is 86.7 Å². The Morgan fingerprint density at radius 1 is 1.23 bits per heavy atom. The molecule has 1 aliphatic carbocycles. The molecule has 9 heteroatoms. The van der Waals surface area contributed by atoms with Crippen LogP contribution < -0.4 is 10.5 Å². The number of hydrogen-bond acceptors (Lipinski definition) is 4. The molecule has 2 aromatic carbocycles.